The molecule has 0 aromatic heterocycles. The highest BCUT2D eigenvalue weighted by Crippen LogP contribution is 2.09. The van der Waals surface area contributed by atoms with E-state index in [1.165, 1.54) is 0 Å². The molecule has 0 rings (SSSR count). The summed E-state index contributed by atoms with van der Waals surface area (Å²) in [6.45, 7) is 3.81. The summed E-state index contributed by atoms with van der Waals surface area (Å²) in [6.07, 6.45) is 0. The maximum atomic E-state index is 10.6. The van der Waals surface area contributed by atoms with E-state index in [1.807, 2.05) is 0 Å². The highest BCUT2D eigenvalue weighted by molar-refractivity contribution is 8.14. The molecule has 0 radical (unpaired) electrons. The molecular weight excluding hydrogens is 192 g/mol. The smallest absolute Gasteiger partial charge is 0.285 e. The first kappa shape index (κ1) is 11.2. The molecule has 0 heterocycles. The summed E-state index contributed by atoms with van der Waals surface area (Å²) in [6, 6.07) is 0. The summed E-state index contributed by atoms with van der Waals surface area (Å²) >= 11 is 0. The van der Waals surface area contributed by atoms with Gasteiger partial charge in [0.05, 0.1) is 0 Å². The topological polar surface area (TPSA) is 52.6 Å². The molecule has 4 nitrogen and oxygen atoms in total. The highest BCUT2D eigenvalue weighted by atomic mass is 35.7. The van der Waals surface area contributed by atoms with Crippen molar-refractivity contribution in [1.82, 2.24) is 0 Å². The Balaban J connectivity index is 4.11. The van der Waals surface area contributed by atoms with Crippen molar-refractivity contribution in [2.45, 2.75) is 19.5 Å². The molecule has 0 aromatic rings. The average molecular weight is 203 g/mol. The van der Waals surface area contributed by atoms with E-state index in [2.05, 4.69) is 0 Å². The molecule has 0 aliphatic carbocycles. The predicted octanol–water partition coefficient (Wildman–Crippen LogP) is 0.912. The summed E-state index contributed by atoms with van der Waals surface area (Å²) in [7, 11) is 1.22. The number of hydrogen-bond donors (Lipinski definition) is 0. The van der Waals surface area contributed by atoms with Crippen molar-refractivity contribution >= 4 is 19.7 Å². The zero-order chi connectivity index (χ0) is 8.91. The van der Waals surface area contributed by atoms with E-state index in [1.54, 1.807) is 13.8 Å². The largest absolute Gasteiger partial charge is 0.339 e. The Hall–Kier alpha value is 0.160. The van der Waals surface area contributed by atoms with Gasteiger partial charge in [-0.2, -0.15) is 0 Å². The Morgan fingerprint density at radius 1 is 1.27 bits per heavy atom. The third-order valence-electron chi connectivity index (χ3n) is 0.835. The minimum Gasteiger partial charge on any atom is -0.339 e. The minimum atomic E-state index is -3.76. The fourth-order valence-corrected chi connectivity index (χ4v) is 1.39. The minimum absolute atomic E-state index is 0.247. The summed E-state index contributed by atoms with van der Waals surface area (Å²) in [5.74, 6) is 0. The lowest BCUT2D eigenvalue weighted by Gasteiger charge is -2.12. The third kappa shape index (κ3) is 4.58. The number of halogens is 1. The van der Waals surface area contributed by atoms with E-state index in [4.69, 9.17) is 20.2 Å². The van der Waals surface area contributed by atoms with Crippen molar-refractivity contribution in [3.63, 3.8) is 0 Å². The molecule has 68 valence electrons. The van der Waals surface area contributed by atoms with Crippen LogP contribution in [-0.2, 0) is 18.5 Å². The van der Waals surface area contributed by atoms with Crippen LogP contribution >= 0.6 is 10.7 Å². The van der Waals surface area contributed by atoms with Crippen molar-refractivity contribution in [2.24, 2.45) is 0 Å². The lowest BCUT2D eigenvalue weighted by Crippen LogP contribution is -2.23. The second-order valence-corrected chi connectivity index (χ2v) is 4.30. The second-order valence-electron chi connectivity index (χ2n) is 1.67. The molecule has 0 bridgehead atoms. The normalized spacial score (nSPS) is 12.4. The molecule has 0 atom stereocenters. The Bertz CT molecular complexity index is 183. The van der Waals surface area contributed by atoms with Gasteiger partial charge in [0.1, 0.15) is 0 Å². The number of ether oxygens (including phenoxy) is 2. The summed E-state index contributed by atoms with van der Waals surface area (Å²) in [4.78, 5) is 0. The van der Waals surface area contributed by atoms with Crippen LogP contribution in [0.1, 0.15) is 13.8 Å². The van der Waals surface area contributed by atoms with Crippen LogP contribution in [0.15, 0.2) is 0 Å². The molecule has 0 spiro atoms. The van der Waals surface area contributed by atoms with Crippen LogP contribution in [0, 0.1) is 0 Å². The van der Waals surface area contributed by atoms with Gasteiger partial charge in [-0.1, -0.05) is 0 Å². The molecule has 11 heavy (non-hydrogen) atoms. The number of hydrogen-bond acceptors (Lipinski definition) is 4. The van der Waals surface area contributed by atoms with Gasteiger partial charge in [-0.25, -0.2) is 8.42 Å². The van der Waals surface area contributed by atoms with Crippen LogP contribution in [0.3, 0.4) is 0 Å². The van der Waals surface area contributed by atoms with Crippen molar-refractivity contribution in [3.05, 3.63) is 0 Å². The molecule has 0 amide bonds. The lowest BCUT2D eigenvalue weighted by molar-refractivity contribution is -0.0787. The van der Waals surface area contributed by atoms with Gasteiger partial charge in [0.25, 0.3) is 14.7 Å². The number of rotatable bonds is 5. The monoisotopic (exact) mass is 202 g/mol. The standard InChI is InChI=1S/C5H11ClO4S/c1-3-9-5(10-4-2)11(6,7)8/h5H,3-4H2,1-2H3. The van der Waals surface area contributed by atoms with Crippen LogP contribution in [0.2, 0.25) is 0 Å². The molecule has 0 saturated heterocycles. The van der Waals surface area contributed by atoms with Crippen LogP contribution in [-0.4, -0.2) is 27.3 Å². The Kier molecular flexibility index (Phi) is 4.99. The van der Waals surface area contributed by atoms with Gasteiger partial charge in [-0.05, 0) is 13.8 Å². The van der Waals surface area contributed by atoms with Crippen molar-refractivity contribution in [2.75, 3.05) is 13.2 Å². The second kappa shape index (κ2) is 4.92. The fourth-order valence-electron chi connectivity index (χ4n) is 0.483. The zero-order valence-electron chi connectivity index (χ0n) is 6.41. The summed E-state index contributed by atoms with van der Waals surface area (Å²) in [5, 5.41) is 0. The molecular formula is C5H11ClO4S. The Morgan fingerprint density at radius 2 is 1.64 bits per heavy atom. The summed E-state index contributed by atoms with van der Waals surface area (Å²) < 4.78 is 30.7. The molecule has 0 unspecified atom stereocenters. The Morgan fingerprint density at radius 3 is 1.82 bits per heavy atom. The lowest BCUT2D eigenvalue weighted by atomic mass is 10.9. The van der Waals surface area contributed by atoms with E-state index in [-0.39, 0.29) is 13.2 Å². The van der Waals surface area contributed by atoms with Crippen molar-refractivity contribution < 1.29 is 17.9 Å². The first-order valence-corrected chi connectivity index (χ1v) is 5.56. The molecule has 0 saturated carbocycles. The van der Waals surface area contributed by atoms with E-state index < -0.39 is 14.7 Å². The maximum Gasteiger partial charge on any atom is 0.285 e. The van der Waals surface area contributed by atoms with Crippen molar-refractivity contribution in [3.8, 4) is 0 Å². The van der Waals surface area contributed by atoms with E-state index in [9.17, 15) is 8.42 Å². The highest BCUT2D eigenvalue weighted by Gasteiger charge is 2.23. The van der Waals surface area contributed by atoms with Gasteiger partial charge in [-0.15, -0.1) is 0 Å². The average Bonchev–Trinajstić information content (AvgIpc) is 1.85. The van der Waals surface area contributed by atoms with Gasteiger partial charge in [0.2, 0.25) is 0 Å². The Labute approximate surface area is 70.9 Å². The maximum absolute atomic E-state index is 10.6. The van der Waals surface area contributed by atoms with Gasteiger partial charge >= 0.3 is 0 Å². The fraction of sp³-hybridized carbons (Fsp3) is 1.00. The molecule has 0 aliphatic rings. The van der Waals surface area contributed by atoms with E-state index in [0.29, 0.717) is 0 Å². The van der Waals surface area contributed by atoms with Gasteiger partial charge in [-0.3, -0.25) is 0 Å². The SMILES string of the molecule is CCOC(OCC)S(=O)(=O)Cl. The zero-order valence-corrected chi connectivity index (χ0v) is 7.98. The first-order chi connectivity index (χ1) is 5.02. The van der Waals surface area contributed by atoms with Gasteiger partial charge in [0, 0.05) is 23.9 Å². The summed E-state index contributed by atoms with van der Waals surface area (Å²) in [5.41, 5.74) is -1.33. The van der Waals surface area contributed by atoms with Crippen LogP contribution in [0.4, 0.5) is 0 Å². The molecule has 0 aromatic carbocycles. The van der Waals surface area contributed by atoms with Crippen molar-refractivity contribution in [1.29, 1.82) is 0 Å². The van der Waals surface area contributed by atoms with Crippen LogP contribution < -0.4 is 0 Å². The van der Waals surface area contributed by atoms with Gasteiger partial charge < -0.3 is 9.47 Å². The molecule has 0 fully saturated rings. The molecule has 0 N–H and O–H groups in total. The third-order valence-corrected chi connectivity index (χ3v) is 2.00. The van der Waals surface area contributed by atoms with E-state index in [0.717, 1.165) is 0 Å². The van der Waals surface area contributed by atoms with Crippen LogP contribution in [0.25, 0.3) is 0 Å². The predicted molar refractivity (Wildman–Crippen MR) is 41.8 cm³/mol. The van der Waals surface area contributed by atoms with E-state index >= 15 is 0 Å². The van der Waals surface area contributed by atoms with Crippen LogP contribution in [0.5, 0.6) is 0 Å². The first-order valence-electron chi connectivity index (χ1n) is 3.19. The quantitative estimate of drug-likeness (QED) is 0.491. The molecule has 6 heteroatoms. The molecule has 0 aliphatic heterocycles. The van der Waals surface area contributed by atoms with Gasteiger partial charge in [0.15, 0.2) is 0 Å².